The second kappa shape index (κ2) is 5.42. The topological polar surface area (TPSA) is 52.0 Å². The van der Waals surface area contributed by atoms with Gasteiger partial charge in [-0.05, 0) is 25.5 Å². The van der Waals surface area contributed by atoms with Gasteiger partial charge in [-0.3, -0.25) is 9.67 Å². The number of nitrogens with zero attached hydrogens (tertiary/aromatic N) is 3. The number of hydrogen-bond donors (Lipinski definition) is 1. The van der Waals surface area contributed by atoms with Gasteiger partial charge in [-0.1, -0.05) is 11.6 Å². The van der Waals surface area contributed by atoms with Crippen LogP contribution in [0.15, 0.2) is 24.5 Å². The summed E-state index contributed by atoms with van der Waals surface area (Å²) >= 11 is 6.29. The Morgan fingerprint density at radius 1 is 1.40 bits per heavy atom. The molecule has 0 bridgehead atoms. The fourth-order valence-electron chi connectivity index (χ4n) is 2.55. The van der Waals surface area contributed by atoms with Gasteiger partial charge in [0.2, 0.25) is 0 Å². The fourth-order valence-corrected chi connectivity index (χ4v) is 2.72. The predicted octanol–water partition coefficient (Wildman–Crippen LogP) is 2.72. The summed E-state index contributed by atoms with van der Waals surface area (Å²) in [4.78, 5) is 4.18. The average Bonchev–Trinajstić information content (AvgIpc) is 3.03. The predicted molar refractivity (Wildman–Crippen MR) is 77.9 cm³/mol. The van der Waals surface area contributed by atoms with E-state index in [9.17, 15) is 0 Å². The van der Waals surface area contributed by atoms with Gasteiger partial charge in [0.05, 0.1) is 28.1 Å². The van der Waals surface area contributed by atoms with E-state index in [1.165, 1.54) is 0 Å². The van der Waals surface area contributed by atoms with Crippen molar-refractivity contribution in [3.05, 3.63) is 40.9 Å². The summed E-state index contributed by atoms with van der Waals surface area (Å²) < 4.78 is 7.70. The molecule has 0 aliphatic carbocycles. The van der Waals surface area contributed by atoms with Crippen LogP contribution >= 0.6 is 11.6 Å². The fraction of sp³-hybridized carbons (Fsp3) is 0.429. The lowest BCUT2D eigenvalue weighted by Crippen LogP contribution is -2.25. The Hall–Kier alpha value is -1.59. The summed E-state index contributed by atoms with van der Waals surface area (Å²) in [5, 5.41) is 8.35. The molecule has 1 aliphatic heterocycles. The minimum absolute atomic E-state index is 0.00737. The zero-order valence-corrected chi connectivity index (χ0v) is 12.3. The molecule has 0 unspecified atom stereocenters. The van der Waals surface area contributed by atoms with Crippen molar-refractivity contribution >= 4 is 17.3 Å². The number of nitrogens with one attached hydrogen (secondary N) is 1. The lowest BCUT2D eigenvalue weighted by Gasteiger charge is -2.22. The highest BCUT2D eigenvalue weighted by Gasteiger charge is 2.32. The number of pyridine rings is 1. The molecule has 5 nitrogen and oxygen atoms in total. The van der Waals surface area contributed by atoms with Crippen molar-refractivity contribution in [3.63, 3.8) is 0 Å². The monoisotopic (exact) mass is 292 g/mol. The summed E-state index contributed by atoms with van der Waals surface area (Å²) in [7, 11) is 1.93. The molecule has 1 N–H and O–H groups in total. The second-order valence-electron chi connectivity index (χ2n) is 4.97. The summed E-state index contributed by atoms with van der Waals surface area (Å²) in [5.41, 5.74) is 2.80. The Morgan fingerprint density at radius 3 is 3.00 bits per heavy atom. The molecule has 0 radical (unpaired) electrons. The summed E-state index contributed by atoms with van der Waals surface area (Å²) in [6.07, 6.45) is 4.48. The first-order valence-electron chi connectivity index (χ1n) is 6.64. The molecule has 6 heteroatoms. The quantitative estimate of drug-likeness (QED) is 0.945. The third-order valence-corrected chi connectivity index (χ3v) is 4.12. The highest BCUT2D eigenvalue weighted by atomic mass is 35.5. The highest BCUT2D eigenvalue weighted by molar-refractivity contribution is 6.33. The van der Waals surface area contributed by atoms with E-state index in [2.05, 4.69) is 15.4 Å². The van der Waals surface area contributed by atoms with Crippen molar-refractivity contribution in [2.45, 2.75) is 25.5 Å². The Labute approximate surface area is 122 Å². The van der Waals surface area contributed by atoms with Gasteiger partial charge in [0.15, 0.2) is 0 Å². The van der Waals surface area contributed by atoms with Gasteiger partial charge in [-0.15, -0.1) is 0 Å². The van der Waals surface area contributed by atoms with Gasteiger partial charge < -0.3 is 10.1 Å². The van der Waals surface area contributed by atoms with Crippen molar-refractivity contribution in [2.75, 3.05) is 11.9 Å². The number of aryl methyl sites for hydroxylation is 2. The maximum absolute atomic E-state index is 6.29. The average molecular weight is 293 g/mol. The number of ether oxygens (including phenoxy) is 1. The Bertz CT molecular complexity index is 613. The molecule has 0 amide bonds. The zero-order chi connectivity index (χ0) is 14.1. The van der Waals surface area contributed by atoms with Crippen molar-refractivity contribution < 1.29 is 4.74 Å². The van der Waals surface area contributed by atoms with Crippen LogP contribution in [0, 0.1) is 6.92 Å². The summed E-state index contributed by atoms with van der Waals surface area (Å²) in [6, 6.07) is 4.07. The van der Waals surface area contributed by atoms with Crippen LogP contribution in [0.1, 0.15) is 23.9 Å². The molecule has 1 fully saturated rings. The first-order chi connectivity index (χ1) is 9.66. The normalized spacial score (nSPS) is 22.1. The van der Waals surface area contributed by atoms with E-state index in [1.54, 1.807) is 12.4 Å². The van der Waals surface area contributed by atoms with Crippen LogP contribution in [0.4, 0.5) is 5.69 Å². The molecule has 2 atom stereocenters. The molecule has 1 aliphatic rings. The molecule has 3 heterocycles. The third-order valence-electron chi connectivity index (χ3n) is 3.65. The maximum atomic E-state index is 6.29. The van der Waals surface area contributed by atoms with Crippen molar-refractivity contribution in [3.8, 4) is 0 Å². The van der Waals surface area contributed by atoms with Gasteiger partial charge in [-0.25, -0.2) is 0 Å². The molecule has 0 spiro atoms. The summed E-state index contributed by atoms with van der Waals surface area (Å²) in [6.45, 7) is 2.63. The van der Waals surface area contributed by atoms with E-state index in [4.69, 9.17) is 16.3 Å². The highest BCUT2D eigenvalue weighted by Crippen LogP contribution is 2.33. The molecule has 1 saturated heterocycles. The van der Waals surface area contributed by atoms with Crippen LogP contribution in [-0.4, -0.2) is 27.4 Å². The van der Waals surface area contributed by atoms with Crippen LogP contribution in [0.25, 0.3) is 0 Å². The molecule has 3 rings (SSSR count). The van der Waals surface area contributed by atoms with Crippen molar-refractivity contribution in [1.82, 2.24) is 14.8 Å². The number of halogens is 1. The molecular formula is C14H17ClN4O. The van der Waals surface area contributed by atoms with E-state index in [1.807, 2.05) is 30.8 Å². The lowest BCUT2D eigenvalue weighted by molar-refractivity contribution is 0.101. The molecule has 0 aromatic carbocycles. The molecule has 106 valence electrons. The minimum Gasteiger partial charge on any atom is -0.378 e. The van der Waals surface area contributed by atoms with E-state index < -0.39 is 0 Å². The van der Waals surface area contributed by atoms with E-state index >= 15 is 0 Å². The Balaban J connectivity index is 1.83. The Morgan fingerprint density at radius 2 is 2.25 bits per heavy atom. The SMILES string of the molecule is Cc1nccc(N[C@H]2CCO[C@@H]2c2ccnn2C)c1Cl. The van der Waals surface area contributed by atoms with Gasteiger partial charge in [-0.2, -0.15) is 5.10 Å². The lowest BCUT2D eigenvalue weighted by atomic mass is 10.1. The maximum Gasteiger partial charge on any atom is 0.119 e. The van der Waals surface area contributed by atoms with Gasteiger partial charge in [0.25, 0.3) is 0 Å². The molecular weight excluding hydrogens is 276 g/mol. The molecule has 2 aromatic rings. The number of rotatable bonds is 3. The smallest absolute Gasteiger partial charge is 0.119 e. The van der Waals surface area contributed by atoms with E-state index in [-0.39, 0.29) is 12.1 Å². The number of aromatic nitrogens is 3. The van der Waals surface area contributed by atoms with Gasteiger partial charge in [0.1, 0.15) is 6.10 Å². The van der Waals surface area contributed by atoms with Crippen molar-refractivity contribution in [2.24, 2.45) is 7.05 Å². The zero-order valence-electron chi connectivity index (χ0n) is 11.5. The first kappa shape index (κ1) is 13.4. The molecule has 2 aromatic heterocycles. The van der Waals surface area contributed by atoms with E-state index in [0.717, 1.165) is 30.1 Å². The van der Waals surface area contributed by atoms with Gasteiger partial charge >= 0.3 is 0 Å². The third kappa shape index (κ3) is 2.39. The number of hydrogen-bond acceptors (Lipinski definition) is 4. The number of anilines is 1. The first-order valence-corrected chi connectivity index (χ1v) is 7.02. The summed E-state index contributed by atoms with van der Waals surface area (Å²) in [5.74, 6) is 0. The van der Waals surface area contributed by atoms with Crippen LogP contribution < -0.4 is 5.32 Å². The molecule has 0 saturated carbocycles. The van der Waals surface area contributed by atoms with E-state index in [0.29, 0.717) is 5.02 Å². The van der Waals surface area contributed by atoms with Gasteiger partial charge in [0, 0.05) is 26.0 Å². The van der Waals surface area contributed by atoms with Crippen LogP contribution in [0.2, 0.25) is 5.02 Å². The van der Waals surface area contributed by atoms with Crippen molar-refractivity contribution in [1.29, 1.82) is 0 Å². The second-order valence-corrected chi connectivity index (χ2v) is 5.35. The Kier molecular flexibility index (Phi) is 3.63. The standard InChI is InChI=1S/C14H17ClN4O/c1-9-13(15)10(3-6-16-9)18-11-5-8-20-14(11)12-4-7-17-19(12)2/h3-4,6-7,11,14H,5,8H2,1-2H3,(H,16,18)/t11-,14-/m0/s1. The van der Waals surface area contributed by atoms with Crippen LogP contribution in [0.3, 0.4) is 0 Å². The molecule has 20 heavy (non-hydrogen) atoms. The van der Waals surface area contributed by atoms with Crippen LogP contribution in [0.5, 0.6) is 0 Å². The van der Waals surface area contributed by atoms with Crippen LogP contribution in [-0.2, 0) is 11.8 Å². The largest absolute Gasteiger partial charge is 0.378 e. The minimum atomic E-state index is -0.00737.